The van der Waals surface area contributed by atoms with Crippen LogP contribution in [0.3, 0.4) is 0 Å². The van der Waals surface area contributed by atoms with Crippen molar-refractivity contribution in [3.8, 4) is 5.69 Å². The van der Waals surface area contributed by atoms with Gasteiger partial charge in [0, 0.05) is 22.8 Å². The Morgan fingerprint density at radius 2 is 1.59 bits per heavy atom. The van der Waals surface area contributed by atoms with E-state index in [2.05, 4.69) is 47.4 Å². The van der Waals surface area contributed by atoms with Crippen molar-refractivity contribution in [2.24, 2.45) is 4.99 Å². The molecule has 2 heterocycles. The van der Waals surface area contributed by atoms with Gasteiger partial charge in [0.15, 0.2) is 5.17 Å². The maximum absolute atomic E-state index is 14.2. The molecule has 49 heavy (non-hydrogen) atoms. The van der Waals surface area contributed by atoms with Crippen LogP contribution in [0.1, 0.15) is 52.2 Å². The molecule has 3 aromatic carbocycles. The summed E-state index contributed by atoms with van der Waals surface area (Å²) in [7, 11) is 0. The number of aliphatic imine (C=N–C) groups is 1. The largest absolute Gasteiger partial charge is 0.344 e. The van der Waals surface area contributed by atoms with Crippen molar-refractivity contribution >= 4 is 40.7 Å². The second kappa shape index (κ2) is 15.6. The highest BCUT2D eigenvalue weighted by Gasteiger charge is 2.35. The van der Waals surface area contributed by atoms with Crippen molar-refractivity contribution in [2.75, 3.05) is 5.75 Å². The highest BCUT2D eigenvalue weighted by molar-refractivity contribution is 8.14. The first-order valence-corrected chi connectivity index (χ1v) is 17.0. The highest BCUT2D eigenvalue weighted by atomic mass is 32.2. The molecule has 248 valence electrons. The molecule has 0 radical (unpaired) electrons. The number of aromatic nitrogens is 1. The molecule has 8 heteroatoms. The van der Waals surface area contributed by atoms with Crippen LogP contribution in [-0.2, 0) is 14.4 Å². The molecule has 1 aliphatic rings. The minimum atomic E-state index is -0.657. The molecule has 1 aromatic heterocycles. The number of carbonyl (C=O) groups excluding carboxylic acids is 3. The Kier molecular flexibility index (Phi) is 11.1. The second-order valence-electron chi connectivity index (χ2n) is 11.7. The Morgan fingerprint density at radius 3 is 2.20 bits per heavy atom. The number of rotatable bonds is 10. The van der Waals surface area contributed by atoms with Crippen LogP contribution in [0.5, 0.6) is 0 Å². The lowest BCUT2D eigenvalue weighted by Crippen LogP contribution is -2.42. The third kappa shape index (κ3) is 7.66. The SMILES string of the molecule is C=C/C=C\C(=C/C)N1C(=O)/C(=C/c2cc(C)n(-c3cccc(C)c3C)c2C)C(=O)N=C1SCC(=O)NC(c1ccccc1)c1ccccc1. The Labute approximate surface area is 292 Å². The fraction of sp³-hybridized carbons (Fsp3) is 0.171. The monoisotopic (exact) mass is 668 g/mol. The molecular formula is C41H40N4O3S. The maximum Gasteiger partial charge on any atom is 0.285 e. The molecule has 1 aliphatic heterocycles. The van der Waals surface area contributed by atoms with Gasteiger partial charge in [-0.2, -0.15) is 4.99 Å². The van der Waals surface area contributed by atoms with Gasteiger partial charge in [-0.1, -0.05) is 109 Å². The van der Waals surface area contributed by atoms with Gasteiger partial charge in [-0.05, 0) is 86.7 Å². The van der Waals surface area contributed by atoms with E-state index in [0.29, 0.717) is 5.70 Å². The van der Waals surface area contributed by atoms with Crippen molar-refractivity contribution in [1.82, 2.24) is 14.8 Å². The van der Waals surface area contributed by atoms with Crippen molar-refractivity contribution in [3.05, 3.63) is 166 Å². The van der Waals surface area contributed by atoms with Gasteiger partial charge < -0.3 is 9.88 Å². The molecule has 1 N–H and O–H groups in total. The number of nitrogens with one attached hydrogen (secondary N) is 1. The van der Waals surface area contributed by atoms with Gasteiger partial charge >= 0.3 is 0 Å². The summed E-state index contributed by atoms with van der Waals surface area (Å²) >= 11 is 1.04. The van der Waals surface area contributed by atoms with E-state index in [-0.39, 0.29) is 28.4 Å². The average molecular weight is 669 g/mol. The van der Waals surface area contributed by atoms with Crippen LogP contribution < -0.4 is 5.32 Å². The first-order chi connectivity index (χ1) is 23.6. The van der Waals surface area contributed by atoms with Crippen LogP contribution in [0.15, 0.2) is 132 Å². The molecule has 4 aromatic rings. The fourth-order valence-electron chi connectivity index (χ4n) is 5.83. The molecule has 0 aliphatic carbocycles. The molecule has 0 unspecified atom stereocenters. The summed E-state index contributed by atoms with van der Waals surface area (Å²) in [6, 6.07) is 27.2. The van der Waals surface area contributed by atoms with E-state index in [4.69, 9.17) is 0 Å². The first kappa shape index (κ1) is 34.9. The number of benzene rings is 3. The molecule has 0 spiro atoms. The standard InChI is InChI=1S/C41H40N4O3S/c1-7-9-22-34(8-2)45-40(48)35(25-33-24-28(4)44(30(33)6)36-23-16-17-27(3)29(36)5)39(47)43-41(45)49-26-37(46)42-38(31-18-12-10-13-19-31)32-20-14-11-15-21-32/h7-25,38H,1,26H2,2-6H3,(H,42,46)/b22-9-,34-8+,35-25+. The average Bonchev–Trinajstić information content (AvgIpc) is 3.39. The number of nitrogens with zero attached hydrogens (tertiary/aromatic N) is 3. The summed E-state index contributed by atoms with van der Waals surface area (Å²) in [6.45, 7) is 13.7. The summed E-state index contributed by atoms with van der Waals surface area (Å²) in [5.74, 6) is -1.51. The molecular weight excluding hydrogens is 629 g/mol. The van der Waals surface area contributed by atoms with E-state index in [1.807, 2.05) is 86.6 Å². The molecule has 0 fully saturated rings. The number of aryl methyl sites for hydroxylation is 2. The minimum Gasteiger partial charge on any atom is -0.344 e. The van der Waals surface area contributed by atoms with E-state index in [1.165, 1.54) is 10.5 Å². The zero-order valence-corrected chi connectivity index (χ0v) is 29.3. The Balaban J connectivity index is 1.46. The van der Waals surface area contributed by atoms with Gasteiger partial charge in [0.05, 0.1) is 11.8 Å². The van der Waals surface area contributed by atoms with E-state index in [0.717, 1.165) is 51.1 Å². The van der Waals surface area contributed by atoms with Crippen molar-refractivity contribution in [1.29, 1.82) is 0 Å². The predicted octanol–water partition coefficient (Wildman–Crippen LogP) is 8.10. The summed E-state index contributed by atoms with van der Waals surface area (Å²) in [4.78, 5) is 47.0. The third-order valence-corrected chi connectivity index (χ3v) is 9.44. The van der Waals surface area contributed by atoms with Gasteiger partial charge in [0.2, 0.25) is 5.91 Å². The summed E-state index contributed by atoms with van der Waals surface area (Å²) in [5, 5.41) is 3.25. The first-order valence-electron chi connectivity index (χ1n) is 16.1. The fourth-order valence-corrected chi connectivity index (χ4v) is 6.64. The number of amides is 3. The van der Waals surface area contributed by atoms with Crippen molar-refractivity contribution < 1.29 is 14.4 Å². The smallest absolute Gasteiger partial charge is 0.285 e. The lowest BCUT2D eigenvalue weighted by molar-refractivity contribution is -0.126. The molecule has 0 atom stereocenters. The number of amidine groups is 1. The second-order valence-corrected chi connectivity index (χ2v) is 12.6. The normalized spacial score (nSPS) is 14.6. The number of carbonyl (C=O) groups is 3. The van der Waals surface area contributed by atoms with Crippen LogP contribution in [0, 0.1) is 27.7 Å². The Morgan fingerprint density at radius 1 is 0.939 bits per heavy atom. The number of hydrogen-bond donors (Lipinski definition) is 1. The van der Waals surface area contributed by atoms with Crippen LogP contribution in [0.2, 0.25) is 0 Å². The molecule has 3 amide bonds. The van der Waals surface area contributed by atoms with Gasteiger partial charge in [-0.3, -0.25) is 19.3 Å². The van der Waals surface area contributed by atoms with Crippen molar-refractivity contribution in [2.45, 2.75) is 40.7 Å². The zero-order chi connectivity index (χ0) is 35.1. The number of thioether (sulfide) groups is 1. The zero-order valence-electron chi connectivity index (χ0n) is 28.4. The van der Waals surface area contributed by atoms with Crippen LogP contribution in [0.4, 0.5) is 0 Å². The van der Waals surface area contributed by atoms with Gasteiger partial charge in [-0.25, -0.2) is 0 Å². The van der Waals surface area contributed by atoms with E-state index in [1.54, 1.807) is 37.3 Å². The highest BCUT2D eigenvalue weighted by Crippen LogP contribution is 2.30. The molecule has 0 saturated heterocycles. The molecule has 0 saturated carbocycles. The number of hydrogen-bond acceptors (Lipinski definition) is 4. The minimum absolute atomic E-state index is 0.0606. The van der Waals surface area contributed by atoms with Gasteiger partial charge in [0.1, 0.15) is 5.57 Å². The lowest BCUT2D eigenvalue weighted by atomic mass is 9.99. The molecule has 7 nitrogen and oxygen atoms in total. The quantitative estimate of drug-likeness (QED) is 0.105. The van der Waals surface area contributed by atoms with Crippen LogP contribution in [-0.4, -0.2) is 38.1 Å². The Hall–Kier alpha value is -5.47. The summed E-state index contributed by atoms with van der Waals surface area (Å²) < 4.78 is 2.13. The predicted molar refractivity (Wildman–Crippen MR) is 200 cm³/mol. The summed E-state index contributed by atoms with van der Waals surface area (Å²) in [6.07, 6.45) is 8.41. The Bertz CT molecular complexity index is 1980. The van der Waals surface area contributed by atoms with E-state index in [9.17, 15) is 14.4 Å². The summed E-state index contributed by atoms with van der Waals surface area (Å²) in [5.41, 5.74) is 8.31. The van der Waals surface area contributed by atoms with Gasteiger partial charge in [0.25, 0.3) is 11.8 Å². The maximum atomic E-state index is 14.2. The van der Waals surface area contributed by atoms with Gasteiger partial charge in [-0.15, -0.1) is 0 Å². The van der Waals surface area contributed by atoms with Crippen LogP contribution >= 0.6 is 11.8 Å². The third-order valence-electron chi connectivity index (χ3n) is 8.50. The van der Waals surface area contributed by atoms with Crippen LogP contribution in [0.25, 0.3) is 11.8 Å². The topological polar surface area (TPSA) is 83.8 Å². The molecule has 0 bridgehead atoms. The number of allylic oxidation sites excluding steroid dienone is 4. The molecule has 5 rings (SSSR count). The van der Waals surface area contributed by atoms with E-state index < -0.39 is 11.8 Å². The lowest BCUT2D eigenvalue weighted by Gasteiger charge is -2.28. The van der Waals surface area contributed by atoms with E-state index >= 15 is 0 Å². The van der Waals surface area contributed by atoms with Crippen molar-refractivity contribution in [3.63, 3.8) is 0 Å².